The van der Waals surface area contributed by atoms with Crippen LogP contribution in [0, 0.1) is 0 Å². The lowest BCUT2D eigenvalue weighted by atomic mass is 9.83. The van der Waals surface area contributed by atoms with Gasteiger partial charge in [-0.05, 0) is 75.1 Å². The van der Waals surface area contributed by atoms with E-state index in [9.17, 15) is 59.5 Å². The molecule has 3 amide bonds. The molecule has 5 atom stereocenters. The molecule has 1 unspecified atom stereocenters. The van der Waals surface area contributed by atoms with Crippen molar-refractivity contribution >= 4 is 93.2 Å². The van der Waals surface area contributed by atoms with E-state index in [4.69, 9.17) is 29.7 Å². The van der Waals surface area contributed by atoms with Crippen molar-refractivity contribution in [3.63, 3.8) is 0 Å². The molecular formula is C54H67N10O20P2S2+. The summed E-state index contributed by atoms with van der Waals surface area (Å²) in [7, 11) is -18.4. The molecule has 1 fully saturated rings. The molecule has 88 heavy (non-hydrogen) atoms. The van der Waals surface area contributed by atoms with Crippen molar-refractivity contribution in [2.24, 2.45) is 0 Å². The van der Waals surface area contributed by atoms with Crippen LogP contribution in [-0.2, 0) is 52.5 Å². The van der Waals surface area contributed by atoms with Crippen molar-refractivity contribution in [1.82, 2.24) is 39.6 Å². The molecule has 2 aromatic heterocycles. The van der Waals surface area contributed by atoms with Gasteiger partial charge in [0.1, 0.15) is 53.6 Å². The number of anilines is 2. The number of benzene rings is 3. The fraction of sp³-hybridized carbons (Fsp3) is 0.426. The predicted molar refractivity (Wildman–Crippen MR) is 318 cm³/mol. The molecule has 3 aromatic carbocycles. The molecule has 4 aliphatic rings. The molecule has 0 bridgehead atoms. The van der Waals surface area contributed by atoms with Gasteiger partial charge in [-0.15, -0.1) is 0 Å². The Hall–Kier alpha value is -7.03. The number of nitrogens with one attached hydrogen (secondary N) is 2. The zero-order valence-electron chi connectivity index (χ0n) is 48.6. The number of imidazole rings is 1. The maximum Gasteiger partial charge on any atom is 0.481 e. The van der Waals surface area contributed by atoms with E-state index in [2.05, 4.69) is 43.9 Å². The Morgan fingerprint density at radius 1 is 0.875 bits per heavy atom. The lowest BCUT2D eigenvalue weighted by Crippen LogP contribution is -2.50. The first-order valence-corrected chi connectivity index (χ1v) is 33.7. The molecule has 0 radical (unpaired) electrons. The van der Waals surface area contributed by atoms with Crippen molar-refractivity contribution in [3.05, 3.63) is 112 Å². The first-order valence-electron chi connectivity index (χ1n) is 27.5. The number of likely N-dealkylation sites (N-methyl/N-ethyl adjacent to an activating group) is 2. The number of aromatic nitrogens is 4. The molecule has 34 heteroatoms. The molecule has 4 aliphatic heterocycles. The molecule has 6 heterocycles. The zero-order valence-corrected chi connectivity index (χ0v) is 52.0. The molecule has 0 aliphatic carbocycles. The number of alkyl carbamates (subject to hydrolysis) is 1. The highest BCUT2D eigenvalue weighted by molar-refractivity contribution is 7.86. The summed E-state index contributed by atoms with van der Waals surface area (Å²) in [4.78, 5) is 84.6. The van der Waals surface area contributed by atoms with Gasteiger partial charge in [-0.1, -0.05) is 24.3 Å². The van der Waals surface area contributed by atoms with E-state index in [1.165, 1.54) is 15.8 Å². The normalized spacial score (nSPS) is 20.1. The van der Waals surface area contributed by atoms with Crippen molar-refractivity contribution in [1.29, 1.82) is 0 Å². The van der Waals surface area contributed by atoms with Crippen LogP contribution in [0.15, 0.2) is 73.3 Å². The lowest BCUT2D eigenvalue weighted by Gasteiger charge is -2.43. The Kier molecular flexibility index (Phi) is 18.4. The van der Waals surface area contributed by atoms with Crippen LogP contribution >= 0.6 is 15.6 Å². The molecule has 474 valence electrons. The van der Waals surface area contributed by atoms with Crippen LogP contribution in [0.1, 0.15) is 93.2 Å². The summed E-state index contributed by atoms with van der Waals surface area (Å²) in [6, 6.07) is 14.0. The summed E-state index contributed by atoms with van der Waals surface area (Å²) in [5, 5.41) is 17.4. The highest BCUT2D eigenvalue weighted by Crippen LogP contribution is 2.58. The quantitative estimate of drug-likeness (QED) is 0.0204. The Morgan fingerprint density at radius 2 is 1.56 bits per heavy atom. The number of ether oxygens (including phenoxy) is 3. The highest BCUT2D eigenvalue weighted by atomic mass is 32.2. The van der Waals surface area contributed by atoms with Crippen molar-refractivity contribution in [2.75, 3.05) is 68.5 Å². The second-order valence-electron chi connectivity index (χ2n) is 22.3. The van der Waals surface area contributed by atoms with Gasteiger partial charge in [-0.3, -0.25) is 27.8 Å². The van der Waals surface area contributed by atoms with E-state index in [0.29, 0.717) is 79.8 Å². The SMILES string of the molecule is CCN1c2cc3c(cc2C(CS(=O)(=O)O)=CC1(C)C)C(c1ccccc1C(=O)N(C)CCCC(=O)NCCNC(=O)O[C@@H]1[C@H](O)[C@@H](COP(=O)(O)OP(=O)(O)O)O[C@H]1n1cnc2c(N)ncnc21)=c1cc2c(cc1O3)=[N+](CC)C(C)(C)C=C2CS(=O)(=O)O. The maximum absolute atomic E-state index is 14.8. The summed E-state index contributed by atoms with van der Waals surface area (Å²) in [6.45, 7) is 11.4. The van der Waals surface area contributed by atoms with E-state index in [0.717, 1.165) is 6.33 Å². The van der Waals surface area contributed by atoms with Crippen molar-refractivity contribution in [3.8, 4) is 11.5 Å². The maximum atomic E-state index is 14.8. The third kappa shape index (κ3) is 14.2. The average Bonchev–Trinajstić information content (AvgIpc) is 1.06. The number of phosphoric ester groups is 1. The number of aliphatic hydroxyl groups excluding tert-OH is 1. The molecule has 0 spiro atoms. The van der Waals surface area contributed by atoms with Crippen LogP contribution in [-0.4, -0.2) is 175 Å². The minimum absolute atomic E-state index is 0.0314. The van der Waals surface area contributed by atoms with Gasteiger partial charge in [0, 0.05) is 92.7 Å². The Bertz CT molecular complexity index is 4190. The van der Waals surface area contributed by atoms with Gasteiger partial charge in [-0.2, -0.15) is 21.1 Å². The molecule has 9 rings (SSSR count). The lowest BCUT2D eigenvalue weighted by molar-refractivity contribution is -0.121. The van der Waals surface area contributed by atoms with Crippen molar-refractivity contribution in [2.45, 2.75) is 90.0 Å². The Morgan fingerprint density at radius 3 is 2.23 bits per heavy atom. The number of nitrogens with zero attached hydrogens (tertiary/aromatic N) is 7. The van der Waals surface area contributed by atoms with Gasteiger partial charge in [0.2, 0.25) is 11.3 Å². The second kappa shape index (κ2) is 24.7. The van der Waals surface area contributed by atoms with Gasteiger partial charge >= 0.3 is 21.7 Å². The number of nitrogen functional groups attached to an aromatic ring is 1. The fourth-order valence-electron chi connectivity index (χ4n) is 11.7. The van der Waals surface area contributed by atoms with Gasteiger partial charge in [0.25, 0.3) is 26.1 Å². The first-order chi connectivity index (χ1) is 41.1. The molecule has 30 nitrogen and oxygen atoms in total. The largest absolute Gasteiger partial charge is 0.481 e. The van der Waals surface area contributed by atoms with Gasteiger partial charge < -0.3 is 60.2 Å². The summed E-state index contributed by atoms with van der Waals surface area (Å²) in [5.41, 5.74) is 8.47. The number of fused-ring (bicyclic) bond motifs is 5. The van der Waals surface area contributed by atoms with Crippen LogP contribution in [0.2, 0.25) is 0 Å². The van der Waals surface area contributed by atoms with E-state index in [-0.39, 0.29) is 55.0 Å². The summed E-state index contributed by atoms with van der Waals surface area (Å²) >= 11 is 0. The number of phosphoric acid groups is 2. The van der Waals surface area contributed by atoms with Crippen LogP contribution < -0.4 is 41.2 Å². The zero-order chi connectivity index (χ0) is 64.2. The molecule has 10 N–H and O–H groups in total. The van der Waals surface area contributed by atoms with Crippen LogP contribution in [0.4, 0.5) is 16.3 Å². The summed E-state index contributed by atoms with van der Waals surface area (Å²) in [6.07, 6.45) is -1.60. The van der Waals surface area contributed by atoms with Gasteiger partial charge in [0.05, 0.1) is 30.1 Å². The van der Waals surface area contributed by atoms with E-state index >= 15 is 0 Å². The second-order valence-corrected chi connectivity index (χ2v) is 28.0. The fourth-order valence-corrected chi connectivity index (χ4v) is 14.5. The first kappa shape index (κ1) is 65.4. The smallest absolute Gasteiger partial charge is 0.456 e. The highest BCUT2D eigenvalue weighted by Gasteiger charge is 2.49. The van der Waals surface area contributed by atoms with E-state index in [1.54, 1.807) is 55.6 Å². The third-order valence-electron chi connectivity index (χ3n) is 15.2. The molecular weight excluding hydrogens is 1230 g/mol. The van der Waals surface area contributed by atoms with Crippen LogP contribution in [0.5, 0.6) is 11.5 Å². The third-order valence-corrected chi connectivity index (χ3v) is 18.7. The monoisotopic (exact) mass is 1300 g/mol. The number of hydrogen-bond donors (Lipinski definition) is 9. The topological polar surface area (TPSA) is 424 Å². The number of nitrogens with two attached hydrogens (primary N) is 1. The molecule has 0 saturated carbocycles. The van der Waals surface area contributed by atoms with E-state index < -0.39 is 108 Å². The van der Waals surface area contributed by atoms with Crippen LogP contribution in [0.3, 0.4) is 0 Å². The van der Waals surface area contributed by atoms with Crippen LogP contribution in [0.25, 0.3) is 27.9 Å². The van der Waals surface area contributed by atoms with Gasteiger partial charge in [-0.25, -0.2) is 33.5 Å². The van der Waals surface area contributed by atoms with Gasteiger partial charge in [0.15, 0.2) is 29.3 Å². The van der Waals surface area contributed by atoms with E-state index in [1.807, 2.05) is 53.7 Å². The number of amides is 3. The van der Waals surface area contributed by atoms with Crippen molar-refractivity contribution < 1.29 is 92.3 Å². The molecule has 5 aromatic rings. The number of aliphatic hydroxyl groups is 1. The average molecular weight is 1300 g/mol. The standard InChI is InChI=1S/C54H66N10O20P2S2/c1-8-63-38-21-40-36(19-34(38)30(23-53(63,3)4)26-87(74,75)76)44(37-20-35-31(27-88(77,78)79)24-54(5,6)64(9-2)39(35)22-41(37)81-40)32-13-10-11-14-33(32)50(67)61(7)18-12-15-43(65)56-16-17-57-52(68)83-47-46(66)42(25-80-86(72,73)84-85(69,70)71)82-51(47)62-29-60-45-48(55)58-28-59-49(45)62/h10-11,13-14,19-24,28-29,42,46-47,51,66H,8-9,12,15-18,25-27H2,1-7H3,(H8-,55,56,57,58,59,65,68,69,70,71,72,73,74,75,76,77,78,79)/p+1/t42-,46-,47-,51-/m1/s1. The number of hydrogen-bond acceptors (Lipinski definition) is 20. The minimum atomic E-state index is -5.50. The Labute approximate surface area is 504 Å². The predicted octanol–water partition coefficient (Wildman–Crippen LogP) is 2.47. The number of rotatable bonds is 22. The Balaban J connectivity index is 0.927. The number of carbonyl (C=O) groups is 3. The number of carbonyl (C=O) groups excluding carboxylic acids is 3. The summed E-state index contributed by atoms with van der Waals surface area (Å²) in [5.74, 6) is -1.62. The summed E-state index contributed by atoms with van der Waals surface area (Å²) < 4.78 is 124. The minimum Gasteiger partial charge on any atom is -0.456 e. The molecule has 1 saturated heterocycles.